The van der Waals surface area contributed by atoms with Crippen molar-refractivity contribution in [1.29, 1.82) is 0 Å². The number of aliphatic hydroxyl groups is 2. The minimum Gasteiger partial charge on any atom is -0.387 e. The topological polar surface area (TPSA) is 125 Å². The van der Waals surface area contributed by atoms with E-state index in [1.807, 2.05) is 25.2 Å². The predicted molar refractivity (Wildman–Crippen MR) is 126 cm³/mol. The largest absolute Gasteiger partial charge is 0.387 e. The predicted octanol–water partition coefficient (Wildman–Crippen LogP) is 2.05. The molecule has 4 rings (SSSR count). The van der Waals surface area contributed by atoms with Crippen molar-refractivity contribution in [2.24, 2.45) is 5.41 Å². The normalized spacial score (nSPS) is 17.3. The van der Waals surface area contributed by atoms with E-state index in [4.69, 9.17) is 9.63 Å². The van der Waals surface area contributed by atoms with Crippen LogP contribution < -0.4 is 5.32 Å². The Hall–Kier alpha value is -3.14. The Morgan fingerprint density at radius 2 is 1.94 bits per heavy atom. The Balaban J connectivity index is 1.70. The number of carbonyl (C=O) groups is 1. The summed E-state index contributed by atoms with van der Waals surface area (Å²) in [5.41, 5.74) is 1.57. The van der Waals surface area contributed by atoms with Crippen molar-refractivity contribution in [1.82, 2.24) is 25.3 Å². The number of rotatable bonds is 8. The number of aromatic nitrogens is 3. The number of amides is 1. The van der Waals surface area contributed by atoms with Crippen molar-refractivity contribution in [2.75, 3.05) is 26.7 Å². The van der Waals surface area contributed by atoms with Gasteiger partial charge in [0, 0.05) is 42.0 Å². The SMILES string of the molecule is CC(C)c1ccc(C(O)(c2cncc(-c3noc(CNC(=O)CO)n3)c2)C2(C)CN(C)C2)cc1. The second-order valence-electron chi connectivity index (χ2n) is 9.63. The van der Waals surface area contributed by atoms with Crippen LogP contribution >= 0.6 is 0 Å². The van der Waals surface area contributed by atoms with Gasteiger partial charge in [0.1, 0.15) is 12.2 Å². The standard InChI is InChI=1S/C25H31N5O4/c1-16(2)17-5-7-19(8-6-17)25(33,24(3)14-30(4)15-24)20-9-18(10-26-11-20)23-28-22(34-29-23)12-27-21(32)13-31/h5-11,16,31,33H,12-15H2,1-4H3,(H,27,32). The first-order chi connectivity index (χ1) is 16.2. The van der Waals surface area contributed by atoms with E-state index in [9.17, 15) is 9.90 Å². The summed E-state index contributed by atoms with van der Waals surface area (Å²) in [7, 11) is 2.04. The third-order valence-electron chi connectivity index (χ3n) is 6.57. The molecule has 9 heteroatoms. The smallest absolute Gasteiger partial charge is 0.246 e. The summed E-state index contributed by atoms with van der Waals surface area (Å²) in [5.74, 6) is 0.369. The molecule has 0 saturated carbocycles. The minimum absolute atomic E-state index is 0.00998. The van der Waals surface area contributed by atoms with Crippen molar-refractivity contribution in [2.45, 2.75) is 38.8 Å². The van der Waals surface area contributed by atoms with Gasteiger partial charge in [0.25, 0.3) is 0 Å². The van der Waals surface area contributed by atoms with Crippen molar-refractivity contribution in [3.63, 3.8) is 0 Å². The highest BCUT2D eigenvalue weighted by Gasteiger charge is 2.55. The molecular weight excluding hydrogens is 434 g/mol. The van der Waals surface area contributed by atoms with Gasteiger partial charge in [-0.25, -0.2) is 0 Å². The molecule has 9 nitrogen and oxygen atoms in total. The van der Waals surface area contributed by atoms with Crippen LogP contribution in [0.5, 0.6) is 0 Å². The average Bonchev–Trinajstić information content (AvgIpc) is 3.30. The molecule has 1 atom stereocenters. The van der Waals surface area contributed by atoms with Gasteiger partial charge < -0.3 is 25.0 Å². The number of benzene rings is 1. The van der Waals surface area contributed by atoms with Gasteiger partial charge >= 0.3 is 0 Å². The van der Waals surface area contributed by atoms with Gasteiger partial charge in [0.05, 0.1) is 6.54 Å². The quantitative estimate of drug-likeness (QED) is 0.462. The molecule has 1 amide bonds. The van der Waals surface area contributed by atoms with Crippen LogP contribution in [0.3, 0.4) is 0 Å². The first kappa shape index (κ1) is 24.0. The molecule has 1 aromatic carbocycles. The van der Waals surface area contributed by atoms with Crippen molar-refractivity contribution in [3.05, 3.63) is 65.3 Å². The maximum Gasteiger partial charge on any atom is 0.246 e. The molecule has 0 spiro atoms. The monoisotopic (exact) mass is 465 g/mol. The second-order valence-corrected chi connectivity index (χ2v) is 9.63. The highest BCUT2D eigenvalue weighted by Crippen LogP contribution is 2.50. The molecule has 3 heterocycles. The fourth-order valence-corrected chi connectivity index (χ4v) is 4.78. The van der Waals surface area contributed by atoms with E-state index in [1.165, 1.54) is 5.56 Å². The van der Waals surface area contributed by atoms with E-state index >= 15 is 0 Å². The first-order valence-electron chi connectivity index (χ1n) is 11.3. The fraction of sp³-hybridized carbons (Fsp3) is 0.440. The Labute approximate surface area is 198 Å². The van der Waals surface area contributed by atoms with Gasteiger partial charge in [-0.2, -0.15) is 4.98 Å². The Bertz CT molecular complexity index is 1150. The third kappa shape index (κ3) is 4.34. The van der Waals surface area contributed by atoms with E-state index in [0.717, 1.165) is 18.7 Å². The maximum atomic E-state index is 12.3. The Kier molecular flexibility index (Phi) is 6.53. The molecular formula is C25H31N5O4. The van der Waals surface area contributed by atoms with Gasteiger partial charge in [0.15, 0.2) is 0 Å². The second kappa shape index (κ2) is 9.25. The van der Waals surface area contributed by atoms with Crippen LogP contribution in [-0.2, 0) is 16.9 Å². The number of aliphatic hydroxyl groups excluding tert-OH is 1. The lowest BCUT2D eigenvalue weighted by Gasteiger charge is -2.55. The average molecular weight is 466 g/mol. The van der Waals surface area contributed by atoms with Crippen molar-refractivity contribution < 1.29 is 19.5 Å². The highest BCUT2D eigenvalue weighted by molar-refractivity contribution is 5.76. The lowest BCUT2D eigenvalue weighted by atomic mass is 9.62. The summed E-state index contributed by atoms with van der Waals surface area (Å²) in [4.78, 5) is 22.2. The van der Waals surface area contributed by atoms with Gasteiger partial charge in [-0.15, -0.1) is 0 Å². The molecule has 2 aromatic heterocycles. The Morgan fingerprint density at radius 3 is 2.56 bits per heavy atom. The summed E-state index contributed by atoms with van der Waals surface area (Å²) in [6, 6.07) is 9.98. The number of pyridine rings is 1. The van der Waals surface area contributed by atoms with E-state index in [2.05, 4.69) is 58.2 Å². The number of likely N-dealkylation sites (tertiary alicyclic amines) is 1. The molecule has 0 bridgehead atoms. The summed E-state index contributed by atoms with van der Waals surface area (Å²) in [6.45, 7) is 7.24. The van der Waals surface area contributed by atoms with Crippen LogP contribution in [-0.4, -0.2) is 62.9 Å². The minimum atomic E-state index is -1.28. The first-order valence-corrected chi connectivity index (χ1v) is 11.3. The summed E-state index contributed by atoms with van der Waals surface area (Å²) in [6.07, 6.45) is 3.30. The third-order valence-corrected chi connectivity index (χ3v) is 6.57. The van der Waals surface area contributed by atoms with Gasteiger partial charge in [0.2, 0.25) is 17.6 Å². The van der Waals surface area contributed by atoms with E-state index < -0.39 is 23.5 Å². The highest BCUT2D eigenvalue weighted by atomic mass is 16.5. The van der Waals surface area contributed by atoms with Crippen molar-refractivity contribution in [3.8, 4) is 11.4 Å². The van der Waals surface area contributed by atoms with Crippen LogP contribution in [0.2, 0.25) is 0 Å². The number of nitrogens with one attached hydrogen (secondary N) is 1. The Morgan fingerprint density at radius 1 is 1.24 bits per heavy atom. The number of nitrogens with zero attached hydrogens (tertiary/aromatic N) is 4. The van der Waals surface area contributed by atoms with Crippen LogP contribution in [0.25, 0.3) is 11.4 Å². The summed E-state index contributed by atoms with van der Waals surface area (Å²) >= 11 is 0. The van der Waals surface area contributed by atoms with Gasteiger partial charge in [-0.1, -0.05) is 50.2 Å². The zero-order chi connectivity index (χ0) is 24.5. The van der Waals surface area contributed by atoms with Crippen LogP contribution in [0.15, 0.2) is 47.2 Å². The molecule has 34 heavy (non-hydrogen) atoms. The van der Waals surface area contributed by atoms with Crippen molar-refractivity contribution >= 4 is 5.91 Å². The zero-order valence-electron chi connectivity index (χ0n) is 19.9. The fourth-order valence-electron chi connectivity index (χ4n) is 4.78. The number of hydrogen-bond donors (Lipinski definition) is 3. The molecule has 3 aromatic rings. The van der Waals surface area contributed by atoms with Crippen LogP contribution in [0.1, 0.15) is 49.3 Å². The van der Waals surface area contributed by atoms with E-state index in [0.29, 0.717) is 22.9 Å². The zero-order valence-corrected chi connectivity index (χ0v) is 19.9. The van der Waals surface area contributed by atoms with Crippen LogP contribution in [0.4, 0.5) is 0 Å². The van der Waals surface area contributed by atoms with Gasteiger partial charge in [-0.05, 0) is 30.2 Å². The molecule has 1 saturated heterocycles. The molecule has 180 valence electrons. The molecule has 1 fully saturated rings. The molecule has 0 radical (unpaired) electrons. The molecule has 3 N–H and O–H groups in total. The number of hydrogen-bond acceptors (Lipinski definition) is 8. The van der Waals surface area contributed by atoms with E-state index in [-0.39, 0.29) is 12.4 Å². The van der Waals surface area contributed by atoms with Gasteiger partial charge in [-0.3, -0.25) is 9.78 Å². The van der Waals surface area contributed by atoms with Crippen LogP contribution in [0, 0.1) is 5.41 Å². The summed E-state index contributed by atoms with van der Waals surface area (Å²) in [5, 5.41) is 27.6. The molecule has 1 unspecified atom stereocenters. The lowest BCUT2D eigenvalue weighted by molar-refractivity contribution is -0.127. The summed E-state index contributed by atoms with van der Waals surface area (Å²) < 4.78 is 5.22. The molecule has 1 aliphatic heterocycles. The van der Waals surface area contributed by atoms with E-state index in [1.54, 1.807) is 12.4 Å². The maximum absolute atomic E-state index is 12.3. The molecule has 1 aliphatic rings. The number of carbonyl (C=O) groups excluding carboxylic acids is 1. The molecule has 0 aliphatic carbocycles. The lowest BCUT2D eigenvalue weighted by Crippen LogP contribution is -2.63.